The molecule has 0 saturated carbocycles. The van der Waals surface area contributed by atoms with Crippen molar-refractivity contribution in [3.8, 4) is 0 Å². The minimum Gasteiger partial charge on any atom is -0.340 e. The van der Waals surface area contributed by atoms with Crippen molar-refractivity contribution in [1.82, 2.24) is 4.57 Å². The molecular formula is C18H23N. The highest BCUT2D eigenvalue weighted by molar-refractivity contribution is 5.81. The molecule has 0 fully saturated rings. The predicted molar refractivity (Wildman–Crippen MR) is 84.5 cm³/mol. The highest BCUT2D eigenvalue weighted by Gasteiger charge is 2.06. The molecule has 0 unspecified atom stereocenters. The van der Waals surface area contributed by atoms with Crippen molar-refractivity contribution in [2.75, 3.05) is 0 Å². The molecule has 0 amide bonds. The van der Waals surface area contributed by atoms with Gasteiger partial charge in [0.05, 0.1) is 0 Å². The van der Waals surface area contributed by atoms with Crippen LogP contribution in [0.15, 0.2) is 53.6 Å². The molecule has 0 aliphatic carbocycles. The van der Waals surface area contributed by atoms with E-state index in [9.17, 15) is 0 Å². The molecule has 0 bridgehead atoms. The van der Waals surface area contributed by atoms with Crippen LogP contribution in [0.4, 0.5) is 0 Å². The highest BCUT2D eigenvalue weighted by Crippen LogP contribution is 2.21. The van der Waals surface area contributed by atoms with Gasteiger partial charge < -0.3 is 4.57 Å². The number of benzene rings is 1. The van der Waals surface area contributed by atoms with Crippen molar-refractivity contribution in [3.63, 3.8) is 0 Å². The lowest BCUT2D eigenvalue weighted by Crippen LogP contribution is -2.00. The molecule has 1 heterocycles. The van der Waals surface area contributed by atoms with Crippen LogP contribution in [0, 0.1) is 0 Å². The monoisotopic (exact) mass is 253 g/mol. The van der Waals surface area contributed by atoms with E-state index in [0.717, 1.165) is 13.0 Å². The lowest BCUT2D eigenvalue weighted by Gasteiger charge is -2.07. The Morgan fingerprint density at radius 1 is 1.00 bits per heavy atom. The average Bonchev–Trinajstić information content (AvgIpc) is 2.71. The van der Waals surface area contributed by atoms with Crippen LogP contribution >= 0.6 is 0 Å². The first-order valence-corrected chi connectivity index (χ1v) is 6.92. The largest absolute Gasteiger partial charge is 0.340 e. The molecule has 19 heavy (non-hydrogen) atoms. The normalized spacial score (nSPS) is 10.5. The lowest BCUT2D eigenvalue weighted by atomic mass is 10.2. The van der Waals surface area contributed by atoms with Gasteiger partial charge in [0.15, 0.2) is 0 Å². The van der Waals surface area contributed by atoms with Crippen LogP contribution in [0.5, 0.6) is 0 Å². The molecule has 1 aromatic heterocycles. The number of para-hydroxylation sites is 1. The van der Waals surface area contributed by atoms with Gasteiger partial charge in [0.2, 0.25) is 0 Å². The fourth-order valence-corrected chi connectivity index (χ4v) is 2.23. The van der Waals surface area contributed by atoms with E-state index in [1.807, 2.05) is 0 Å². The quantitative estimate of drug-likeness (QED) is 0.667. The van der Waals surface area contributed by atoms with Gasteiger partial charge in [-0.15, -0.1) is 0 Å². The van der Waals surface area contributed by atoms with E-state index in [4.69, 9.17) is 0 Å². The minimum absolute atomic E-state index is 0.960. The summed E-state index contributed by atoms with van der Waals surface area (Å²) in [6.45, 7) is 9.58. The molecule has 0 spiro atoms. The topological polar surface area (TPSA) is 4.93 Å². The van der Waals surface area contributed by atoms with Crippen LogP contribution in [0.1, 0.15) is 33.4 Å². The lowest BCUT2D eigenvalue weighted by molar-refractivity contribution is 0.803. The van der Waals surface area contributed by atoms with Gasteiger partial charge in [-0.1, -0.05) is 41.5 Å². The maximum absolute atomic E-state index is 2.42. The van der Waals surface area contributed by atoms with Crippen LogP contribution in [0.3, 0.4) is 0 Å². The first kappa shape index (κ1) is 13.7. The molecule has 0 atom stereocenters. The maximum Gasteiger partial charge on any atom is 0.0485 e. The van der Waals surface area contributed by atoms with Gasteiger partial charge in [0, 0.05) is 24.2 Å². The highest BCUT2D eigenvalue weighted by atomic mass is 15.0. The molecule has 1 heteroatoms. The van der Waals surface area contributed by atoms with Gasteiger partial charge in [0.1, 0.15) is 0 Å². The SMILES string of the molecule is CC(C)=CCc1cc2ccccc2n1CC=C(C)C. The summed E-state index contributed by atoms with van der Waals surface area (Å²) in [5.74, 6) is 0. The second kappa shape index (κ2) is 5.92. The fraction of sp³-hybridized carbons (Fsp3) is 0.333. The van der Waals surface area contributed by atoms with Crippen molar-refractivity contribution in [1.29, 1.82) is 0 Å². The Morgan fingerprint density at radius 2 is 1.68 bits per heavy atom. The second-order valence-corrected chi connectivity index (χ2v) is 5.57. The number of fused-ring (bicyclic) bond motifs is 1. The van der Waals surface area contributed by atoms with Crippen LogP contribution in [0.2, 0.25) is 0 Å². The Bertz CT molecular complexity index is 618. The number of aromatic nitrogens is 1. The van der Waals surface area contributed by atoms with E-state index in [1.54, 1.807) is 0 Å². The third-order valence-corrected chi connectivity index (χ3v) is 3.30. The Kier molecular flexibility index (Phi) is 4.26. The van der Waals surface area contributed by atoms with Crippen LogP contribution in [-0.4, -0.2) is 4.57 Å². The Labute approximate surface area is 116 Å². The summed E-state index contributed by atoms with van der Waals surface area (Å²) in [6, 6.07) is 10.9. The van der Waals surface area contributed by atoms with E-state index in [-0.39, 0.29) is 0 Å². The first-order valence-electron chi connectivity index (χ1n) is 6.92. The van der Waals surface area contributed by atoms with Gasteiger partial charge in [-0.3, -0.25) is 0 Å². The van der Waals surface area contributed by atoms with Crippen molar-refractivity contribution < 1.29 is 0 Å². The van der Waals surface area contributed by atoms with E-state index in [0.29, 0.717) is 0 Å². The fourth-order valence-electron chi connectivity index (χ4n) is 2.23. The van der Waals surface area contributed by atoms with Gasteiger partial charge >= 0.3 is 0 Å². The van der Waals surface area contributed by atoms with E-state index in [2.05, 4.69) is 74.7 Å². The summed E-state index contributed by atoms with van der Waals surface area (Å²) in [4.78, 5) is 0. The molecular weight excluding hydrogens is 230 g/mol. The predicted octanol–water partition coefficient (Wildman–Crippen LogP) is 5.12. The van der Waals surface area contributed by atoms with Crippen molar-refractivity contribution in [2.24, 2.45) is 0 Å². The van der Waals surface area contributed by atoms with Crippen LogP contribution in [0.25, 0.3) is 10.9 Å². The summed E-state index contributed by atoms with van der Waals surface area (Å²) in [7, 11) is 0. The summed E-state index contributed by atoms with van der Waals surface area (Å²) in [6.07, 6.45) is 5.60. The van der Waals surface area contributed by atoms with Crippen molar-refractivity contribution >= 4 is 10.9 Å². The van der Waals surface area contributed by atoms with E-state index < -0.39 is 0 Å². The average molecular weight is 253 g/mol. The van der Waals surface area contributed by atoms with Gasteiger partial charge in [-0.2, -0.15) is 0 Å². The van der Waals surface area contributed by atoms with Crippen LogP contribution in [-0.2, 0) is 13.0 Å². The van der Waals surface area contributed by atoms with E-state index >= 15 is 0 Å². The minimum atomic E-state index is 0.960. The third-order valence-electron chi connectivity index (χ3n) is 3.30. The third kappa shape index (κ3) is 3.37. The maximum atomic E-state index is 2.42. The molecule has 0 saturated heterocycles. The summed E-state index contributed by atoms with van der Waals surface area (Å²) < 4.78 is 2.42. The Balaban J connectivity index is 2.45. The van der Waals surface area contributed by atoms with Gasteiger partial charge in [-0.05, 0) is 45.2 Å². The zero-order valence-electron chi connectivity index (χ0n) is 12.4. The molecule has 0 aliphatic heterocycles. The smallest absolute Gasteiger partial charge is 0.0485 e. The molecule has 100 valence electrons. The van der Waals surface area contributed by atoms with Gasteiger partial charge in [0.25, 0.3) is 0 Å². The van der Waals surface area contributed by atoms with Crippen molar-refractivity contribution in [2.45, 2.75) is 40.7 Å². The Morgan fingerprint density at radius 3 is 2.37 bits per heavy atom. The second-order valence-electron chi connectivity index (χ2n) is 5.57. The molecule has 0 N–H and O–H groups in total. The summed E-state index contributed by atoms with van der Waals surface area (Å²) in [5.41, 5.74) is 5.46. The number of rotatable bonds is 4. The molecule has 2 aromatic rings. The first-order chi connectivity index (χ1) is 9.08. The van der Waals surface area contributed by atoms with Crippen molar-refractivity contribution in [3.05, 3.63) is 59.3 Å². The summed E-state index contributed by atoms with van der Waals surface area (Å²) in [5, 5.41) is 1.34. The number of allylic oxidation sites excluding steroid dienone is 4. The molecule has 0 aliphatic rings. The molecule has 0 radical (unpaired) electrons. The number of nitrogens with zero attached hydrogens (tertiary/aromatic N) is 1. The molecule has 1 aromatic carbocycles. The van der Waals surface area contributed by atoms with Gasteiger partial charge in [-0.25, -0.2) is 0 Å². The zero-order valence-corrected chi connectivity index (χ0v) is 12.4. The standard InChI is InChI=1S/C18H23N/c1-14(2)9-10-17-13-16-7-5-6-8-18(16)19(17)12-11-15(3)4/h5-9,11,13H,10,12H2,1-4H3. The van der Waals surface area contributed by atoms with Crippen LogP contribution < -0.4 is 0 Å². The zero-order chi connectivity index (χ0) is 13.8. The van der Waals surface area contributed by atoms with E-state index in [1.165, 1.54) is 27.7 Å². The summed E-state index contributed by atoms with van der Waals surface area (Å²) >= 11 is 0. The molecule has 2 rings (SSSR count). The number of hydrogen-bond acceptors (Lipinski definition) is 0. The Hall–Kier alpha value is -1.76. The molecule has 1 nitrogen and oxygen atoms in total. The number of hydrogen-bond donors (Lipinski definition) is 0.